The zero-order valence-corrected chi connectivity index (χ0v) is 12.2. The van der Waals surface area contributed by atoms with Crippen molar-refractivity contribution in [2.45, 2.75) is 45.6 Å². The molecule has 3 nitrogen and oxygen atoms in total. The van der Waals surface area contributed by atoms with Crippen LogP contribution >= 0.6 is 0 Å². The average molecular weight is 262 g/mol. The minimum atomic E-state index is 0.0840. The van der Waals surface area contributed by atoms with Crippen LogP contribution in [0.2, 0.25) is 0 Å². The third-order valence-electron chi connectivity index (χ3n) is 3.38. The Labute approximate surface area is 116 Å². The predicted octanol–water partition coefficient (Wildman–Crippen LogP) is 2.67. The Morgan fingerprint density at radius 3 is 2.37 bits per heavy atom. The van der Waals surface area contributed by atoms with Crippen molar-refractivity contribution in [1.82, 2.24) is 5.32 Å². The molecule has 3 heteroatoms. The van der Waals surface area contributed by atoms with Gasteiger partial charge in [0, 0.05) is 24.9 Å². The van der Waals surface area contributed by atoms with E-state index in [-0.39, 0.29) is 11.9 Å². The second-order valence-corrected chi connectivity index (χ2v) is 5.58. The minimum absolute atomic E-state index is 0.0840. The van der Waals surface area contributed by atoms with Gasteiger partial charge in [-0.1, -0.05) is 44.2 Å². The summed E-state index contributed by atoms with van der Waals surface area (Å²) in [5, 5.41) is 3.02. The van der Waals surface area contributed by atoms with Crippen LogP contribution in [-0.2, 0) is 4.79 Å². The molecule has 2 atom stereocenters. The first-order chi connectivity index (χ1) is 9.00. The lowest BCUT2D eigenvalue weighted by Gasteiger charge is -2.22. The Bertz CT molecular complexity index is 374. The molecule has 0 aliphatic carbocycles. The number of nitrogens with one attached hydrogen (secondary N) is 1. The van der Waals surface area contributed by atoms with Gasteiger partial charge in [-0.15, -0.1) is 0 Å². The van der Waals surface area contributed by atoms with Crippen molar-refractivity contribution in [2.24, 2.45) is 11.7 Å². The van der Waals surface area contributed by atoms with E-state index in [9.17, 15) is 4.79 Å². The number of carbonyl (C=O) groups excluding carboxylic acids is 1. The Hall–Kier alpha value is -1.35. The van der Waals surface area contributed by atoms with E-state index in [0.29, 0.717) is 24.8 Å². The van der Waals surface area contributed by atoms with E-state index in [1.807, 2.05) is 25.1 Å². The minimum Gasteiger partial charge on any atom is -0.355 e. The molecule has 1 rings (SSSR count). The monoisotopic (exact) mass is 262 g/mol. The maximum atomic E-state index is 11.7. The molecule has 0 fully saturated rings. The van der Waals surface area contributed by atoms with E-state index >= 15 is 0 Å². The highest BCUT2D eigenvalue weighted by atomic mass is 16.1. The van der Waals surface area contributed by atoms with Gasteiger partial charge in [0.15, 0.2) is 0 Å². The Morgan fingerprint density at radius 1 is 1.21 bits per heavy atom. The van der Waals surface area contributed by atoms with Crippen LogP contribution < -0.4 is 11.1 Å². The summed E-state index contributed by atoms with van der Waals surface area (Å²) in [6, 6.07) is 10.4. The summed E-state index contributed by atoms with van der Waals surface area (Å²) in [7, 11) is 0. The van der Waals surface area contributed by atoms with Crippen LogP contribution in [-0.4, -0.2) is 18.5 Å². The lowest BCUT2D eigenvalue weighted by atomic mass is 9.88. The normalized spacial score (nSPS) is 14.2. The van der Waals surface area contributed by atoms with Crippen LogP contribution in [0.4, 0.5) is 0 Å². The molecular formula is C16H26N2O. The molecule has 0 spiro atoms. The van der Waals surface area contributed by atoms with Gasteiger partial charge >= 0.3 is 0 Å². The van der Waals surface area contributed by atoms with Crippen molar-refractivity contribution in [2.75, 3.05) is 6.54 Å². The fourth-order valence-electron chi connectivity index (χ4n) is 2.11. The SMILES string of the molecule is CC(N)CCC(=O)NCC(c1ccccc1)C(C)C. The summed E-state index contributed by atoms with van der Waals surface area (Å²) in [6.07, 6.45) is 1.25. The molecule has 106 valence electrons. The highest BCUT2D eigenvalue weighted by molar-refractivity contribution is 5.75. The molecule has 0 aliphatic rings. The van der Waals surface area contributed by atoms with Gasteiger partial charge in [-0.3, -0.25) is 4.79 Å². The molecule has 1 aromatic carbocycles. The molecule has 0 bridgehead atoms. The van der Waals surface area contributed by atoms with E-state index in [1.54, 1.807) is 0 Å². The van der Waals surface area contributed by atoms with Gasteiger partial charge in [-0.05, 0) is 24.8 Å². The van der Waals surface area contributed by atoms with Crippen molar-refractivity contribution >= 4 is 5.91 Å². The lowest BCUT2D eigenvalue weighted by molar-refractivity contribution is -0.121. The number of carbonyl (C=O) groups is 1. The Balaban J connectivity index is 2.49. The summed E-state index contributed by atoms with van der Waals surface area (Å²) in [5.74, 6) is 0.954. The third kappa shape index (κ3) is 5.88. The molecule has 2 unspecified atom stereocenters. The number of hydrogen-bond acceptors (Lipinski definition) is 2. The Morgan fingerprint density at radius 2 is 1.84 bits per heavy atom. The Kier molecular flexibility index (Phi) is 6.57. The van der Waals surface area contributed by atoms with Gasteiger partial charge in [0.1, 0.15) is 0 Å². The first-order valence-corrected chi connectivity index (χ1v) is 7.08. The summed E-state index contributed by atoms with van der Waals surface area (Å²) in [6.45, 7) is 6.99. The van der Waals surface area contributed by atoms with Gasteiger partial charge in [0.05, 0.1) is 0 Å². The number of nitrogens with two attached hydrogens (primary N) is 1. The molecule has 0 radical (unpaired) electrons. The quantitative estimate of drug-likeness (QED) is 0.793. The van der Waals surface area contributed by atoms with Crippen molar-refractivity contribution in [1.29, 1.82) is 0 Å². The van der Waals surface area contributed by atoms with Crippen molar-refractivity contribution in [3.8, 4) is 0 Å². The molecule has 0 aromatic heterocycles. The summed E-state index contributed by atoms with van der Waals surface area (Å²) in [4.78, 5) is 11.7. The molecular weight excluding hydrogens is 236 g/mol. The first kappa shape index (κ1) is 15.7. The topological polar surface area (TPSA) is 55.1 Å². The average Bonchev–Trinajstić information content (AvgIpc) is 2.37. The van der Waals surface area contributed by atoms with E-state index in [4.69, 9.17) is 5.73 Å². The molecule has 1 aromatic rings. The van der Waals surface area contributed by atoms with Crippen LogP contribution in [0.5, 0.6) is 0 Å². The highest BCUT2D eigenvalue weighted by Gasteiger charge is 2.16. The number of hydrogen-bond donors (Lipinski definition) is 2. The second-order valence-electron chi connectivity index (χ2n) is 5.58. The van der Waals surface area contributed by atoms with Crippen LogP contribution in [0.15, 0.2) is 30.3 Å². The molecule has 0 aliphatic heterocycles. The van der Waals surface area contributed by atoms with E-state index in [0.717, 1.165) is 6.42 Å². The van der Waals surface area contributed by atoms with Crippen LogP contribution in [0.1, 0.15) is 45.1 Å². The van der Waals surface area contributed by atoms with Crippen LogP contribution in [0.3, 0.4) is 0 Å². The predicted molar refractivity (Wildman–Crippen MR) is 79.9 cm³/mol. The molecule has 1 amide bonds. The zero-order chi connectivity index (χ0) is 14.3. The van der Waals surface area contributed by atoms with Gasteiger partial charge in [0.2, 0.25) is 5.91 Å². The van der Waals surface area contributed by atoms with Crippen molar-refractivity contribution < 1.29 is 4.79 Å². The zero-order valence-electron chi connectivity index (χ0n) is 12.2. The third-order valence-corrected chi connectivity index (χ3v) is 3.38. The molecule has 0 saturated heterocycles. The first-order valence-electron chi connectivity index (χ1n) is 7.08. The fraction of sp³-hybridized carbons (Fsp3) is 0.562. The van der Waals surface area contributed by atoms with E-state index in [1.165, 1.54) is 5.56 Å². The standard InChI is InChI=1S/C16H26N2O/c1-12(2)15(14-7-5-4-6-8-14)11-18-16(19)10-9-13(3)17/h4-8,12-13,15H,9-11,17H2,1-3H3,(H,18,19). The van der Waals surface area contributed by atoms with Crippen LogP contribution in [0, 0.1) is 5.92 Å². The lowest BCUT2D eigenvalue weighted by Crippen LogP contribution is -2.31. The maximum Gasteiger partial charge on any atom is 0.220 e. The highest BCUT2D eigenvalue weighted by Crippen LogP contribution is 2.23. The van der Waals surface area contributed by atoms with Gasteiger partial charge in [0.25, 0.3) is 0 Å². The summed E-state index contributed by atoms with van der Waals surface area (Å²) in [5.41, 5.74) is 6.94. The van der Waals surface area contributed by atoms with Gasteiger partial charge in [-0.2, -0.15) is 0 Å². The van der Waals surface area contributed by atoms with E-state index < -0.39 is 0 Å². The smallest absolute Gasteiger partial charge is 0.220 e. The molecule has 3 N–H and O–H groups in total. The van der Waals surface area contributed by atoms with Gasteiger partial charge < -0.3 is 11.1 Å². The summed E-state index contributed by atoms with van der Waals surface area (Å²) < 4.78 is 0. The second kappa shape index (κ2) is 7.95. The molecule has 0 saturated carbocycles. The van der Waals surface area contributed by atoms with Crippen molar-refractivity contribution in [3.05, 3.63) is 35.9 Å². The van der Waals surface area contributed by atoms with Crippen LogP contribution in [0.25, 0.3) is 0 Å². The number of rotatable bonds is 7. The van der Waals surface area contributed by atoms with E-state index in [2.05, 4.69) is 31.3 Å². The molecule has 0 heterocycles. The summed E-state index contributed by atoms with van der Waals surface area (Å²) >= 11 is 0. The maximum absolute atomic E-state index is 11.7. The largest absolute Gasteiger partial charge is 0.355 e. The number of benzene rings is 1. The molecule has 19 heavy (non-hydrogen) atoms. The van der Waals surface area contributed by atoms with Crippen molar-refractivity contribution in [3.63, 3.8) is 0 Å². The fourth-order valence-corrected chi connectivity index (χ4v) is 2.11. The van der Waals surface area contributed by atoms with Gasteiger partial charge in [-0.25, -0.2) is 0 Å². The number of amides is 1.